The molecule has 0 aliphatic carbocycles. The van der Waals surface area contributed by atoms with Crippen molar-refractivity contribution in [3.05, 3.63) is 29.8 Å². The van der Waals surface area contributed by atoms with Gasteiger partial charge in [0.2, 0.25) is 0 Å². The van der Waals surface area contributed by atoms with E-state index in [0.29, 0.717) is 18.8 Å². The average molecular weight is 272 g/mol. The lowest BCUT2D eigenvalue weighted by molar-refractivity contribution is -0.137. The quantitative estimate of drug-likeness (QED) is 0.896. The summed E-state index contributed by atoms with van der Waals surface area (Å²) in [5.41, 5.74) is 2.89. The molecular weight excluding hydrogens is 257 g/mol. The normalized spacial score (nSPS) is 27.5. The van der Waals surface area contributed by atoms with Gasteiger partial charge >= 0.3 is 6.18 Å². The second-order valence-electron chi connectivity index (χ2n) is 5.05. The number of anilines is 1. The van der Waals surface area contributed by atoms with Crippen molar-refractivity contribution in [3.63, 3.8) is 0 Å². The number of rotatable bonds is 2. The van der Waals surface area contributed by atoms with Crippen molar-refractivity contribution in [1.82, 2.24) is 5.01 Å². The Morgan fingerprint density at radius 3 is 2.47 bits per heavy atom. The van der Waals surface area contributed by atoms with E-state index in [4.69, 9.17) is 4.74 Å². The molecule has 104 valence electrons. The number of hydrogen-bond acceptors (Lipinski definition) is 3. The average Bonchev–Trinajstić information content (AvgIpc) is 2.68. The van der Waals surface area contributed by atoms with E-state index in [-0.39, 0.29) is 12.2 Å². The number of morpholine rings is 1. The largest absolute Gasteiger partial charge is 0.416 e. The van der Waals surface area contributed by atoms with Crippen LogP contribution in [-0.4, -0.2) is 30.3 Å². The number of nitrogens with zero attached hydrogens (tertiary/aromatic N) is 1. The highest BCUT2D eigenvalue weighted by Crippen LogP contribution is 2.31. The number of ether oxygens (including phenoxy) is 1. The van der Waals surface area contributed by atoms with Gasteiger partial charge in [0.1, 0.15) is 0 Å². The Hall–Kier alpha value is -1.27. The predicted molar refractivity (Wildman–Crippen MR) is 64.5 cm³/mol. The van der Waals surface area contributed by atoms with Crippen molar-refractivity contribution in [2.75, 3.05) is 18.5 Å². The third-order valence-corrected chi connectivity index (χ3v) is 3.52. The minimum absolute atomic E-state index is 0.206. The van der Waals surface area contributed by atoms with E-state index in [0.717, 1.165) is 25.0 Å². The van der Waals surface area contributed by atoms with Crippen LogP contribution >= 0.6 is 0 Å². The number of hydrazine groups is 1. The number of fused-ring (bicyclic) bond motifs is 2. The van der Waals surface area contributed by atoms with Gasteiger partial charge < -0.3 is 10.2 Å². The molecule has 0 radical (unpaired) electrons. The van der Waals surface area contributed by atoms with Gasteiger partial charge in [-0.05, 0) is 31.0 Å². The molecule has 2 heterocycles. The van der Waals surface area contributed by atoms with Crippen LogP contribution in [0.2, 0.25) is 0 Å². The Morgan fingerprint density at radius 2 is 1.84 bits per heavy atom. The second-order valence-corrected chi connectivity index (χ2v) is 5.05. The molecule has 2 aliphatic rings. The van der Waals surface area contributed by atoms with Crippen LogP contribution in [0.3, 0.4) is 0 Å². The molecule has 19 heavy (non-hydrogen) atoms. The lowest BCUT2D eigenvalue weighted by atomic mass is 10.2. The molecule has 2 unspecified atom stereocenters. The Kier molecular flexibility index (Phi) is 3.14. The molecule has 1 aromatic rings. The number of hydrogen-bond donors (Lipinski definition) is 1. The van der Waals surface area contributed by atoms with Gasteiger partial charge in [-0.2, -0.15) is 13.2 Å². The number of benzene rings is 1. The number of nitrogens with one attached hydrogen (secondary N) is 1. The molecular formula is C13H15F3N2O. The lowest BCUT2D eigenvalue weighted by Crippen LogP contribution is -2.45. The Labute approximate surface area is 109 Å². The minimum atomic E-state index is -4.30. The van der Waals surface area contributed by atoms with Crippen LogP contribution in [0.25, 0.3) is 0 Å². The van der Waals surface area contributed by atoms with Gasteiger partial charge in [-0.15, -0.1) is 0 Å². The zero-order valence-corrected chi connectivity index (χ0v) is 10.3. The Morgan fingerprint density at radius 1 is 1.16 bits per heavy atom. The van der Waals surface area contributed by atoms with Crippen LogP contribution < -0.4 is 5.43 Å². The van der Waals surface area contributed by atoms with E-state index < -0.39 is 11.7 Å². The fraction of sp³-hybridized carbons (Fsp3) is 0.538. The SMILES string of the molecule is FC(F)(F)c1cccc(NN2CC3CCC(C2)O3)c1. The summed E-state index contributed by atoms with van der Waals surface area (Å²) in [7, 11) is 0. The minimum Gasteiger partial charge on any atom is -0.372 e. The summed E-state index contributed by atoms with van der Waals surface area (Å²) >= 11 is 0. The monoisotopic (exact) mass is 272 g/mol. The van der Waals surface area contributed by atoms with Crippen LogP contribution in [0.1, 0.15) is 18.4 Å². The molecule has 0 spiro atoms. The molecule has 0 aromatic heterocycles. The molecule has 2 aliphatic heterocycles. The van der Waals surface area contributed by atoms with Crippen LogP contribution in [0, 0.1) is 0 Å². The summed E-state index contributed by atoms with van der Waals surface area (Å²) < 4.78 is 43.5. The molecule has 1 N–H and O–H groups in total. The summed E-state index contributed by atoms with van der Waals surface area (Å²) in [6, 6.07) is 5.28. The molecule has 6 heteroatoms. The van der Waals surface area contributed by atoms with Crippen molar-refractivity contribution in [1.29, 1.82) is 0 Å². The highest BCUT2D eigenvalue weighted by Gasteiger charge is 2.34. The van der Waals surface area contributed by atoms with Gasteiger partial charge in [-0.1, -0.05) is 6.07 Å². The smallest absolute Gasteiger partial charge is 0.372 e. The first-order chi connectivity index (χ1) is 9.00. The van der Waals surface area contributed by atoms with Crippen LogP contribution in [0.4, 0.5) is 18.9 Å². The molecule has 3 rings (SSSR count). The van der Waals surface area contributed by atoms with E-state index in [9.17, 15) is 13.2 Å². The van der Waals surface area contributed by atoms with E-state index in [1.54, 1.807) is 6.07 Å². The summed E-state index contributed by atoms with van der Waals surface area (Å²) in [5.74, 6) is 0. The summed E-state index contributed by atoms with van der Waals surface area (Å²) in [5, 5.41) is 1.95. The third kappa shape index (κ3) is 2.84. The molecule has 2 saturated heterocycles. The molecule has 2 atom stereocenters. The van der Waals surface area contributed by atoms with Gasteiger partial charge in [0, 0.05) is 18.8 Å². The number of halogens is 3. The standard InChI is InChI=1S/C13H15F3N2O/c14-13(15,16)9-2-1-3-10(6-9)17-18-7-11-4-5-12(8-18)19-11/h1-3,6,11-12,17H,4-5,7-8H2. The second kappa shape index (κ2) is 4.68. The zero-order chi connectivity index (χ0) is 13.5. The van der Waals surface area contributed by atoms with Gasteiger partial charge in [-0.3, -0.25) is 0 Å². The molecule has 0 amide bonds. The van der Waals surface area contributed by atoms with Crippen LogP contribution in [0.15, 0.2) is 24.3 Å². The van der Waals surface area contributed by atoms with Crippen molar-refractivity contribution in [2.24, 2.45) is 0 Å². The predicted octanol–water partition coefficient (Wildman–Crippen LogP) is 2.90. The van der Waals surface area contributed by atoms with Crippen molar-refractivity contribution >= 4 is 5.69 Å². The van der Waals surface area contributed by atoms with Crippen LogP contribution in [-0.2, 0) is 10.9 Å². The van der Waals surface area contributed by atoms with Gasteiger partial charge in [-0.25, -0.2) is 5.01 Å². The fourth-order valence-corrected chi connectivity index (χ4v) is 2.65. The third-order valence-electron chi connectivity index (χ3n) is 3.52. The van der Waals surface area contributed by atoms with E-state index in [1.807, 2.05) is 5.01 Å². The molecule has 1 aromatic carbocycles. The van der Waals surface area contributed by atoms with Crippen molar-refractivity contribution in [2.45, 2.75) is 31.2 Å². The van der Waals surface area contributed by atoms with Gasteiger partial charge in [0.25, 0.3) is 0 Å². The molecule has 2 bridgehead atoms. The molecule has 2 fully saturated rings. The fourth-order valence-electron chi connectivity index (χ4n) is 2.65. The Bertz CT molecular complexity index is 451. The first kappa shape index (κ1) is 12.7. The highest BCUT2D eigenvalue weighted by atomic mass is 19.4. The zero-order valence-electron chi connectivity index (χ0n) is 10.3. The van der Waals surface area contributed by atoms with Gasteiger partial charge in [0.15, 0.2) is 0 Å². The molecule has 0 saturated carbocycles. The maximum atomic E-state index is 12.6. The lowest BCUT2D eigenvalue weighted by Gasteiger charge is -2.32. The van der Waals surface area contributed by atoms with Crippen molar-refractivity contribution in [3.8, 4) is 0 Å². The summed E-state index contributed by atoms with van der Waals surface area (Å²) in [6.07, 6.45) is -1.83. The molecule has 3 nitrogen and oxygen atoms in total. The van der Waals surface area contributed by atoms with E-state index in [1.165, 1.54) is 6.07 Å². The summed E-state index contributed by atoms with van der Waals surface area (Å²) in [6.45, 7) is 1.43. The first-order valence-electron chi connectivity index (χ1n) is 6.35. The summed E-state index contributed by atoms with van der Waals surface area (Å²) in [4.78, 5) is 0. The first-order valence-corrected chi connectivity index (χ1v) is 6.35. The maximum Gasteiger partial charge on any atom is 0.416 e. The highest BCUT2D eigenvalue weighted by molar-refractivity contribution is 5.45. The number of alkyl halides is 3. The van der Waals surface area contributed by atoms with E-state index >= 15 is 0 Å². The van der Waals surface area contributed by atoms with E-state index in [2.05, 4.69) is 5.43 Å². The van der Waals surface area contributed by atoms with Crippen LogP contribution in [0.5, 0.6) is 0 Å². The van der Waals surface area contributed by atoms with Gasteiger partial charge in [0.05, 0.1) is 17.8 Å². The Balaban J connectivity index is 1.70. The maximum absolute atomic E-state index is 12.6. The van der Waals surface area contributed by atoms with Crippen molar-refractivity contribution < 1.29 is 17.9 Å². The topological polar surface area (TPSA) is 24.5 Å².